The molecule has 0 atom stereocenters. The van der Waals surface area contributed by atoms with Crippen LogP contribution in [0.5, 0.6) is 0 Å². The molecule has 16 heavy (non-hydrogen) atoms. The number of carbonyl (C=O) groups excluding carboxylic acids is 1. The van der Waals surface area contributed by atoms with E-state index in [1.165, 1.54) is 18.5 Å². The van der Waals surface area contributed by atoms with Gasteiger partial charge in [-0.25, -0.2) is 4.79 Å². The van der Waals surface area contributed by atoms with Crippen molar-refractivity contribution in [3.05, 3.63) is 48.0 Å². The SMILES string of the molecule is CC(=O)O/N=C\c1ccc2ccccc2c1. The minimum Gasteiger partial charge on any atom is -0.319 e. The smallest absolute Gasteiger partial charge is 0.319 e. The first-order valence-corrected chi connectivity index (χ1v) is 4.95. The normalized spacial score (nSPS) is 10.8. The number of rotatable bonds is 2. The van der Waals surface area contributed by atoms with Crippen LogP contribution in [0.15, 0.2) is 47.6 Å². The van der Waals surface area contributed by atoms with Crippen molar-refractivity contribution in [1.29, 1.82) is 0 Å². The van der Waals surface area contributed by atoms with Crippen LogP contribution in [0.3, 0.4) is 0 Å². The molecule has 0 spiro atoms. The maximum Gasteiger partial charge on any atom is 0.331 e. The number of carbonyl (C=O) groups is 1. The summed E-state index contributed by atoms with van der Waals surface area (Å²) >= 11 is 0. The Hall–Kier alpha value is -2.16. The molecule has 2 aromatic carbocycles. The zero-order valence-electron chi connectivity index (χ0n) is 8.88. The van der Waals surface area contributed by atoms with Crippen LogP contribution in [-0.2, 0) is 9.63 Å². The van der Waals surface area contributed by atoms with Gasteiger partial charge >= 0.3 is 5.97 Å². The monoisotopic (exact) mass is 213 g/mol. The maximum atomic E-state index is 10.5. The lowest BCUT2D eigenvalue weighted by atomic mass is 10.1. The lowest BCUT2D eigenvalue weighted by Crippen LogP contribution is -1.91. The number of benzene rings is 2. The van der Waals surface area contributed by atoms with Crippen molar-refractivity contribution < 1.29 is 9.63 Å². The second-order valence-electron chi connectivity index (χ2n) is 3.42. The van der Waals surface area contributed by atoms with Crippen LogP contribution in [-0.4, -0.2) is 12.2 Å². The molecule has 0 radical (unpaired) electrons. The molecule has 0 bridgehead atoms. The zero-order chi connectivity index (χ0) is 11.4. The summed E-state index contributed by atoms with van der Waals surface area (Å²) in [5.41, 5.74) is 0.903. The fourth-order valence-electron chi connectivity index (χ4n) is 1.45. The number of fused-ring (bicyclic) bond motifs is 1. The molecule has 0 unspecified atom stereocenters. The van der Waals surface area contributed by atoms with Crippen molar-refractivity contribution in [1.82, 2.24) is 0 Å². The van der Waals surface area contributed by atoms with E-state index < -0.39 is 5.97 Å². The summed E-state index contributed by atoms with van der Waals surface area (Å²) in [4.78, 5) is 15.0. The summed E-state index contributed by atoms with van der Waals surface area (Å²) in [5.74, 6) is -0.419. The summed E-state index contributed by atoms with van der Waals surface area (Å²) in [6.45, 7) is 1.32. The summed E-state index contributed by atoms with van der Waals surface area (Å²) in [6.07, 6.45) is 1.52. The van der Waals surface area contributed by atoms with Crippen molar-refractivity contribution in [2.24, 2.45) is 5.16 Å². The van der Waals surface area contributed by atoms with Gasteiger partial charge in [0.05, 0.1) is 6.21 Å². The molecular formula is C13H11NO2. The lowest BCUT2D eigenvalue weighted by molar-refractivity contribution is -0.140. The minimum absolute atomic E-state index is 0.419. The molecular weight excluding hydrogens is 202 g/mol. The molecule has 80 valence electrons. The summed E-state index contributed by atoms with van der Waals surface area (Å²) in [6, 6.07) is 14.0. The Labute approximate surface area is 93.3 Å². The first kappa shape index (κ1) is 10.4. The highest BCUT2D eigenvalue weighted by molar-refractivity contribution is 5.90. The average molecular weight is 213 g/mol. The Morgan fingerprint density at radius 2 is 1.94 bits per heavy atom. The minimum atomic E-state index is -0.419. The highest BCUT2D eigenvalue weighted by Crippen LogP contribution is 2.14. The van der Waals surface area contributed by atoms with Gasteiger partial charge in [0.15, 0.2) is 0 Å². The zero-order valence-corrected chi connectivity index (χ0v) is 8.88. The van der Waals surface area contributed by atoms with Gasteiger partial charge in [0.25, 0.3) is 0 Å². The lowest BCUT2D eigenvalue weighted by Gasteiger charge is -1.98. The van der Waals surface area contributed by atoms with Gasteiger partial charge < -0.3 is 4.84 Å². The molecule has 0 aliphatic heterocycles. The van der Waals surface area contributed by atoms with Crippen molar-refractivity contribution in [2.75, 3.05) is 0 Å². The molecule has 0 heterocycles. The molecule has 3 heteroatoms. The van der Waals surface area contributed by atoms with Crippen molar-refractivity contribution in [2.45, 2.75) is 6.92 Å². The largest absolute Gasteiger partial charge is 0.331 e. The van der Waals surface area contributed by atoms with Gasteiger partial charge in [0, 0.05) is 6.92 Å². The molecule has 2 rings (SSSR count). The second-order valence-corrected chi connectivity index (χ2v) is 3.42. The molecule has 0 aliphatic rings. The molecule has 2 aromatic rings. The molecule has 0 fully saturated rings. The van der Waals surface area contributed by atoms with Gasteiger partial charge in [-0.1, -0.05) is 41.6 Å². The van der Waals surface area contributed by atoms with E-state index in [2.05, 4.69) is 9.99 Å². The molecule has 0 aliphatic carbocycles. The Kier molecular flexibility index (Phi) is 2.96. The molecule has 0 saturated carbocycles. The van der Waals surface area contributed by atoms with E-state index in [9.17, 15) is 4.79 Å². The van der Waals surface area contributed by atoms with Crippen LogP contribution in [0.25, 0.3) is 10.8 Å². The number of nitrogens with zero attached hydrogens (tertiary/aromatic N) is 1. The van der Waals surface area contributed by atoms with E-state index in [0.717, 1.165) is 10.9 Å². The third kappa shape index (κ3) is 2.45. The topological polar surface area (TPSA) is 38.7 Å². The van der Waals surface area contributed by atoms with Gasteiger partial charge in [0.1, 0.15) is 0 Å². The van der Waals surface area contributed by atoms with E-state index in [0.29, 0.717) is 0 Å². The van der Waals surface area contributed by atoms with Crippen molar-refractivity contribution >= 4 is 23.0 Å². The standard InChI is InChI=1S/C13H11NO2/c1-10(15)16-14-9-11-6-7-12-4-2-3-5-13(12)8-11/h2-9H,1H3/b14-9-. The molecule has 0 aromatic heterocycles. The van der Waals surface area contributed by atoms with Crippen LogP contribution in [0.4, 0.5) is 0 Å². The summed E-state index contributed by atoms with van der Waals surface area (Å²) in [7, 11) is 0. The van der Waals surface area contributed by atoms with Gasteiger partial charge in [-0.15, -0.1) is 0 Å². The summed E-state index contributed by atoms with van der Waals surface area (Å²) < 4.78 is 0. The Balaban J connectivity index is 2.26. The highest BCUT2D eigenvalue weighted by Gasteiger charge is 1.94. The fourth-order valence-corrected chi connectivity index (χ4v) is 1.45. The quantitative estimate of drug-likeness (QED) is 0.437. The van der Waals surface area contributed by atoms with Crippen LogP contribution in [0.1, 0.15) is 12.5 Å². The third-order valence-electron chi connectivity index (χ3n) is 2.16. The van der Waals surface area contributed by atoms with Crippen LogP contribution in [0, 0.1) is 0 Å². The first-order chi connectivity index (χ1) is 7.75. The van der Waals surface area contributed by atoms with Gasteiger partial charge in [-0.3, -0.25) is 0 Å². The Bertz CT molecular complexity index is 546. The summed E-state index contributed by atoms with van der Waals surface area (Å²) in [5, 5.41) is 5.88. The van der Waals surface area contributed by atoms with Crippen LogP contribution >= 0.6 is 0 Å². The number of hydrogen-bond acceptors (Lipinski definition) is 3. The van der Waals surface area contributed by atoms with Crippen molar-refractivity contribution in [3.63, 3.8) is 0 Å². The van der Waals surface area contributed by atoms with Crippen LogP contribution < -0.4 is 0 Å². The van der Waals surface area contributed by atoms with E-state index in [-0.39, 0.29) is 0 Å². The first-order valence-electron chi connectivity index (χ1n) is 4.95. The molecule has 0 N–H and O–H groups in total. The van der Waals surface area contributed by atoms with Gasteiger partial charge in [0.2, 0.25) is 0 Å². The molecule has 0 saturated heterocycles. The van der Waals surface area contributed by atoms with Gasteiger partial charge in [-0.2, -0.15) is 0 Å². The predicted octanol–water partition coefficient (Wildman–Crippen LogP) is 2.74. The molecule has 3 nitrogen and oxygen atoms in total. The number of oxime groups is 1. The maximum absolute atomic E-state index is 10.5. The van der Waals surface area contributed by atoms with E-state index in [1.807, 2.05) is 42.5 Å². The fraction of sp³-hybridized carbons (Fsp3) is 0.0769. The van der Waals surface area contributed by atoms with E-state index >= 15 is 0 Å². The third-order valence-corrected chi connectivity index (χ3v) is 2.16. The van der Waals surface area contributed by atoms with E-state index in [4.69, 9.17) is 0 Å². The van der Waals surface area contributed by atoms with Crippen LogP contribution in [0.2, 0.25) is 0 Å². The van der Waals surface area contributed by atoms with Gasteiger partial charge in [-0.05, 0) is 22.4 Å². The second kappa shape index (κ2) is 4.57. The highest BCUT2D eigenvalue weighted by atomic mass is 16.7. The predicted molar refractivity (Wildman–Crippen MR) is 63.3 cm³/mol. The van der Waals surface area contributed by atoms with Crippen molar-refractivity contribution in [3.8, 4) is 0 Å². The molecule has 0 amide bonds. The van der Waals surface area contributed by atoms with E-state index in [1.54, 1.807) is 0 Å². The Morgan fingerprint density at radius 1 is 1.19 bits per heavy atom. The number of hydrogen-bond donors (Lipinski definition) is 0. The Morgan fingerprint density at radius 3 is 2.69 bits per heavy atom. The average Bonchev–Trinajstić information content (AvgIpc) is 2.28.